The van der Waals surface area contributed by atoms with Crippen LogP contribution in [0.2, 0.25) is 15.1 Å². The minimum atomic E-state index is -3.92. The molecule has 1 unspecified atom stereocenters. The van der Waals surface area contributed by atoms with E-state index in [1.807, 2.05) is 14.1 Å². The van der Waals surface area contributed by atoms with Gasteiger partial charge < -0.3 is 15.0 Å². The lowest BCUT2D eigenvalue weighted by molar-refractivity contribution is -0.126. The Balaban J connectivity index is 1.87. The minimum Gasteiger partial charge on any atom is -0.370 e. The third kappa shape index (κ3) is 7.22. The van der Waals surface area contributed by atoms with E-state index in [1.165, 1.54) is 16.4 Å². The molecular formula is C19H28Cl3N3O4S. The van der Waals surface area contributed by atoms with Crippen LogP contribution >= 0.6 is 34.8 Å². The normalized spacial score (nSPS) is 17.6. The molecule has 0 radical (unpaired) electrons. The fraction of sp³-hybridized carbons (Fsp3) is 0.632. The number of benzene rings is 1. The zero-order valence-electron chi connectivity index (χ0n) is 17.2. The van der Waals surface area contributed by atoms with E-state index in [0.29, 0.717) is 25.9 Å². The minimum absolute atomic E-state index is 0.0206. The maximum absolute atomic E-state index is 13.1. The molecule has 1 fully saturated rings. The van der Waals surface area contributed by atoms with Crippen LogP contribution in [0.3, 0.4) is 0 Å². The number of unbranched alkanes of at least 4 members (excludes halogenated alkanes) is 1. The Morgan fingerprint density at radius 3 is 2.53 bits per heavy atom. The standard InChI is InChI=1S/C19H28Cl3N3O4S/c1-24(2)8-4-3-7-23-18(26)13-29-12-15-6-5-9-25(15)30(27,28)19-16(21)10-14(20)11-17(19)22/h10-11,15H,3-9,12-13H2,1-2H3,(H,23,26). The van der Waals surface area contributed by atoms with E-state index in [9.17, 15) is 13.2 Å². The highest BCUT2D eigenvalue weighted by atomic mass is 35.5. The van der Waals surface area contributed by atoms with Crippen molar-refractivity contribution in [3.8, 4) is 0 Å². The predicted molar refractivity (Wildman–Crippen MR) is 120 cm³/mol. The Labute approximate surface area is 193 Å². The average molecular weight is 501 g/mol. The molecule has 1 atom stereocenters. The second-order valence-corrected chi connectivity index (χ2v) is 10.6. The van der Waals surface area contributed by atoms with Crippen LogP contribution in [0.5, 0.6) is 0 Å². The van der Waals surface area contributed by atoms with Gasteiger partial charge in [0.2, 0.25) is 15.9 Å². The van der Waals surface area contributed by atoms with Gasteiger partial charge in [0.15, 0.2) is 0 Å². The number of amides is 1. The molecule has 0 saturated carbocycles. The Hall–Kier alpha value is -0.610. The molecule has 1 saturated heterocycles. The third-order valence-electron chi connectivity index (χ3n) is 4.75. The Bertz CT molecular complexity index is 813. The summed E-state index contributed by atoms with van der Waals surface area (Å²) in [5.41, 5.74) is 0. The zero-order valence-corrected chi connectivity index (χ0v) is 20.2. The average Bonchev–Trinajstić information content (AvgIpc) is 3.09. The number of sulfonamides is 1. The second kappa shape index (κ2) is 11.9. The zero-order chi connectivity index (χ0) is 22.3. The summed E-state index contributed by atoms with van der Waals surface area (Å²) in [6.07, 6.45) is 3.21. The third-order valence-corrected chi connectivity index (χ3v) is 7.84. The molecule has 1 aromatic carbocycles. The Kier molecular flexibility index (Phi) is 10.1. The van der Waals surface area contributed by atoms with Gasteiger partial charge in [0, 0.05) is 24.2 Å². The van der Waals surface area contributed by atoms with Crippen molar-refractivity contribution in [2.45, 2.75) is 36.6 Å². The van der Waals surface area contributed by atoms with E-state index in [2.05, 4.69) is 10.2 Å². The summed E-state index contributed by atoms with van der Waals surface area (Å²) in [5.74, 6) is -0.212. The maximum atomic E-state index is 13.1. The first-order valence-electron chi connectivity index (χ1n) is 9.78. The number of carbonyl (C=O) groups excluding carboxylic acids is 1. The van der Waals surface area contributed by atoms with Crippen molar-refractivity contribution in [3.05, 3.63) is 27.2 Å². The predicted octanol–water partition coefficient (Wildman–Crippen LogP) is 3.27. The van der Waals surface area contributed by atoms with Crippen molar-refractivity contribution in [2.75, 3.05) is 46.9 Å². The van der Waals surface area contributed by atoms with Gasteiger partial charge in [-0.25, -0.2) is 8.42 Å². The summed E-state index contributed by atoms with van der Waals surface area (Å²) in [5, 5.41) is 3.03. The van der Waals surface area contributed by atoms with E-state index in [4.69, 9.17) is 39.5 Å². The van der Waals surface area contributed by atoms with Gasteiger partial charge in [-0.2, -0.15) is 4.31 Å². The maximum Gasteiger partial charge on any atom is 0.246 e. The number of rotatable bonds is 11. The van der Waals surface area contributed by atoms with Gasteiger partial charge in [0.1, 0.15) is 11.5 Å². The van der Waals surface area contributed by atoms with Crippen LogP contribution in [0.1, 0.15) is 25.7 Å². The summed E-state index contributed by atoms with van der Waals surface area (Å²) >= 11 is 18.1. The lowest BCUT2D eigenvalue weighted by Crippen LogP contribution is -2.39. The monoisotopic (exact) mass is 499 g/mol. The molecule has 1 aliphatic heterocycles. The summed E-state index contributed by atoms with van der Waals surface area (Å²) in [7, 11) is 0.0975. The van der Waals surface area contributed by atoms with Crippen LogP contribution in [0.25, 0.3) is 0 Å². The van der Waals surface area contributed by atoms with Crippen molar-refractivity contribution in [1.29, 1.82) is 0 Å². The molecule has 7 nitrogen and oxygen atoms in total. The van der Waals surface area contributed by atoms with Gasteiger partial charge in [-0.3, -0.25) is 4.79 Å². The van der Waals surface area contributed by atoms with Crippen molar-refractivity contribution in [2.24, 2.45) is 0 Å². The van der Waals surface area contributed by atoms with Gasteiger partial charge >= 0.3 is 0 Å². The summed E-state index contributed by atoms with van der Waals surface area (Å²) in [6, 6.07) is 2.32. The molecular weight excluding hydrogens is 473 g/mol. The summed E-state index contributed by atoms with van der Waals surface area (Å²) in [6.45, 7) is 1.91. The molecule has 1 amide bonds. The fourth-order valence-electron chi connectivity index (χ4n) is 3.30. The molecule has 1 aromatic rings. The Morgan fingerprint density at radius 2 is 1.90 bits per heavy atom. The molecule has 0 bridgehead atoms. The topological polar surface area (TPSA) is 79.0 Å². The van der Waals surface area contributed by atoms with Crippen molar-refractivity contribution < 1.29 is 17.9 Å². The highest BCUT2D eigenvalue weighted by Crippen LogP contribution is 2.37. The van der Waals surface area contributed by atoms with Crippen LogP contribution in [0, 0.1) is 0 Å². The molecule has 11 heteroatoms. The number of carbonyl (C=O) groups is 1. The van der Waals surface area contributed by atoms with Crippen LogP contribution in [-0.4, -0.2) is 76.5 Å². The highest BCUT2D eigenvalue weighted by molar-refractivity contribution is 7.89. The first-order valence-corrected chi connectivity index (χ1v) is 12.4. The van der Waals surface area contributed by atoms with Gasteiger partial charge in [-0.05, 0) is 58.5 Å². The van der Waals surface area contributed by atoms with Crippen LogP contribution in [0.4, 0.5) is 0 Å². The first kappa shape index (κ1) is 25.6. The molecule has 0 aromatic heterocycles. The highest BCUT2D eigenvalue weighted by Gasteiger charge is 2.37. The van der Waals surface area contributed by atoms with Gasteiger partial charge in [-0.1, -0.05) is 34.8 Å². The van der Waals surface area contributed by atoms with E-state index >= 15 is 0 Å². The van der Waals surface area contributed by atoms with E-state index in [1.54, 1.807) is 0 Å². The molecule has 2 rings (SSSR count). The lowest BCUT2D eigenvalue weighted by atomic mass is 10.2. The number of hydrogen-bond acceptors (Lipinski definition) is 5. The largest absolute Gasteiger partial charge is 0.370 e. The molecule has 1 N–H and O–H groups in total. The van der Waals surface area contributed by atoms with Crippen LogP contribution in [0.15, 0.2) is 17.0 Å². The Morgan fingerprint density at radius 1 is 1.23 bits per heavy atom. The summed E-state index contributed by atoms with van der Waals surface area (Å²) < 4.78 is 33.1. The second-order valence-electron chi connectivity index (χ2n) is 7.49. The quantitative estimate of drug-likeness (QED) is 0.472. The summed E-state index contributed by atoms with van der Waals surface area (Å²) in [4.78, 5) is 13.8. The van der Waals surface area contributed by atoms with E-state index < -0.39 is 10.0 Å². The number of nitrogens with zero attached hydrogens (tertiary/aromatic N) is 2. The van der Waals surface area contributed by atoms with Crippen LogP contribution in [-0.2, 0) is 19.6 Å². The van der Waals surface area contributed by atoms with Crippen molar-refractivity contribution in [1.82, 2.24) is 14.5 Å². The van der Waals surface area contributed by atoms with Crippen molar-refractivity contribution in [3.63, 3.8) is 0 Å². The molecule has 1 aliphatic rings. The van der Waals surface area contributed by atoms with E-state index in [0.717, 1.165) is 19.4 Å². The molecule has 170 valence electrons. The molecule has 0 spiro atoms. The van der Waals surface area contributed by atoms with Gasteiger partial charge in [0.05, 0.1) is 16.7 Å². The smallest absolute Gasteiger partial charge is 0.246 e. The van der Waals surface area contributed by atoms with Crippen LogP contribution < -0.4 is 5.32 Å². The van der Waals surface area contributed by atoms with Gasteiger partial charge in [-0.15, -0.1) is 0 Å². The SMILES string of the molecule is CN(C)CCCCNC(=O)COCC1CCCN1S(=O)(=O)c1c(Cl)cc(Cl)cc1Cl. The number of ether oxygens (including phenoxy) is 1. The molecule has 30 heavy (non-hydrogen) atoms. The first-order chi connectivity index (χ1) is 14.1. The lowest BCUT2D eigenvalue weighted by Gasteiger charge is -2.25. The van der Waals surface area contributed by atoms with E-state index in [-0.39, 0.29) is 45.1 Å². The number of hydrogen-bond donors (Lipinski definition) is 1. The number of nitrogens with one attached hydrogen (secondary N) is 1. The molecule has 0 aliphatic carbocycles. The molecule has 1 heterocycles. The van der Waals surface area contributed by atoms with Crippen molar-refractivity contribution >= 4 is 50.7 Å². The van der Waals surface area contributed by atoms with Gasteiger partial charge in [0.25, 0.3) is 0 Å². The fourth-order valence-corrected chi connectivity index (χ4v) is 6.48. The number of halogens is 3.